The van der Waals surface area contributed by atoms with Crippen molar-refractivity contribution in [2.45, 2.75) is 0 Å². The highest BCUT2D eigenvalue weighted by Crippen LogP contribution is 2.26. The minimum absolute atomic E-state index is 0.142. The summed E-state index contributed by atoms with van der Waals surface area (Å²) >= 11 is 0. The summed E-state index contributed by atoms with van der Waals surface area (Å²) in [7, 11) is 0. The van der Waals surface area contributed by atoms with Gasteiger partial charge in [-0.05, 0) is 35.4 Å². The number of nitriles is 1. The van der Waals surface area contributed by atoms with Crippen molar-refractivity contribution in [3.63, 3.8) is 0 Å². The van der Waals surface area contributed by atoms with Crippen molar-refractivity contribution in [1.29, 1.82) is 5.26 Å². The van der Waals surface area contributed by atoms with E-state index in [0.29, 0.717) is 11.1 Å². The van der Waals surface area contributed by atoms with E-state index in [1.807, 2.05) is 6.07 Å². The van der Waals surface area contributed by atoms with Crippen LogP contribution in [0.25, 0.3) is 11.1 Å². The van der Waals surface area contributed by atoms with Crippen LogP contribution in [0.4, 0.5) is 0 Å². The second-order valence-corrected chi connectivity index (χ2v) is 3.73. The van der Waals surface area contributed by atoms with Gasteiger partial charge in [-0.25, -0.2) is 4.79 Å². The molecule has 0 aliphatic heterocycles. The van der Waals surface area contributed by atoms with Crippen LogP contribution in [0, 0.1) is 11.3 Å². The summed E-state index contributed by atoms with van der Waals surface area (Å²) < 4.78 is 0. The molecule has 88 valence electrons. The average Bonchev–Trinajstić information content (AvgIpc) is 2.39. The smallest absolute Gasteiger partial charge is 0.339 e. The lowest BCUT2D eigenvalue weighted by molar-refractivity contribution is 0.0694. The molecule has 0 radical (unpaired) electrons. The largest absolute Gasteiger partial charge is 0.507 e. The molecule has 0 aliphatic carbocycles. The first-order chi connectivity index (χ1) is 8.61. The lowest BCUT2D eigenvalue weighted by Gasteiger charge is -2.05. The predicted octanol–water partition coefficient (Wildman–Crippen LogP) is 2.63. The molecule has 0 fully saturated rings. The highest BCUT2D eigenvalue weighted by molar-refractivity contribution is 5.92. The second kappa shape index (κ2) is 4.60. The summed E-state index contributed by atoms with van der Waals surface area (Å²) in [4.78, 5) is 10.9. The molecule has 0 spiro atoms. The fraction of sp³-hybridized carbons (Fsp3) is 0. The third-order valence-corrected chi connectivity index (χ3v) is 2.57. The van der Waals surface area contributed by atoms with E-state index in [4.69, 9.17) is 10.4 Å². The monoisotopic (exact) mass is 239 g/mol. The van der Waals surface area contributed by atoms with Crippen molar-refractivity contribution in [3.05, 3.63) is 53.6 Å². The Bertz CT molecular complexity index is 639. The molecule has 2 N–H and O–H groups in total. The number of benzene rings is 2. The van der Waals surface area contributed by atoms with Gasteiger partial charge in [-0.3, -0.25) is 0 Å². The van der Waals surface area contributed by atoms with Gasteiger partial charge in [-0.15, -0.1) is 0 Å². The number of hydrogen-bond acceptors (Lipinski definition) is 3. The van der Waals surface area contributed by atoms with E-state index >= 15 is 0 Å². The van der Waals surface area contributed by atoms with Crippen LogP contribution in [0.1, 0.15) is 15.9 Å². The zero-order valence-electron chi connectivity index (χ0n) is 9.29. The highest BCUT2D eigenvalue weighted by atomic mass is 16.4. The third kappa shape index (κ3) is 2.15. The van der Waals surface area contributed by atoms with Crippen LogP contribution in [0.15, 0.2) is 42.5 Å². The molecular weight excluding hydrogens is 230 g/mol. The van der Waals surface area contributed by atoms with Crippen LogP contribution >= 0.6 is 0 Å². The summed E-state index contributed by atoms with van der Waals surface area (Å²) in [5.74, 6) is -1.44. The fourth-order valence-corrected chi connectivity index (χ4v) is 1.62. The van der Waals surface area contributed by atoms with Crippen molar-refractivity contribution in [2.75, 3.05) is 0 Å². The zero-order chi connectivity index (χ0) is 13.1. The first-order valence-electron chi connectivity index (χ1n) is 5.18. The molecule has 0 bridgehead atoms. The molecule has 2 aromatic rings. The number of phenols is 1. The molecule has 0 saturated heterocycles. The maximum Gasteiger partial charge on any atom is 0.339 e. The summed E-state index contributed by atoms with van der Waals surface area (Å²) in [6, 6.07) is 13.2. The maximum absolute atomic E-state index is 10.9. The number of carboxylic acids is 1. The Morgan fingerprint density at radius 2 is 1.67 bits per heavy atom. The van der Waals surface area contributed by atoms with Crippen LogP contribution in [-0.4, -0.2) is 16.2 Å². The van der Waals surface area contributed by atoms with E-state index in [0.717, 1.165) is 5.56 Å². The highest BCUT2D eigenvalue weighted by Gasteiger charge is 2.10. The molecule has 0 saturated carbocycles. The Hall–Kier alpha value is -2.80. The molecule has 0 aromatic heterocycles. The van der Waals surface area contributed by atoms with E-state index in [2.05, 4.69) is 0 Å². The van der Waals surface area contributed by atoms with Gasteiger partial charge in [0.15, 0.2) is 0 Å². The lowest BCUT2D eigenvalue weighted by atomic mass is 10.0. The van der Waals surface area contributed by atoms with Crippen LogP contribution in [0.3, 0.4) is 0 Å². The number of carboxylic acid groups (broad SMARTS) is 1. The van der Waals surface area contributed by atoms with Crippen molar-refractivity contribution in [3.8, 4) is 22.9 Å². The number of rotatable bonds is 2. The van der Waals surface area contributed by atoms with Gasteiger partial charge in [-0.2, -0.15) is 5.26 Å². The van der Waals surface area contributed by atoms with Gasteiger partial charge in [0.2, 0.25) is 0 Å². The number of nitrogens with zero attached hydrogens (tertiary/aromatic N) is 1. The van der Waals surface area contributed by atoms with Gasteiger partial charge in [0.1, 0.15) is 11.3 Å². The number of aromatic hydroxyl groups is 1. The first kappa shape index (κ1) is 11.7. The van der Waals surface area contributed by atoms with Crippen LogP contribution < -0.4 is 0 Å². The molecule has 2 rings (SSSR count). The topological polar surface area (TPSA) is 81.3 Å². The predicted molar refractivity (Wildman–Crippen MR) is 65.2 cm³/mol. The van der Waals surface area contributed by atoms with Gasteiger partial charge in [0, 0.05) is 0 Å². The molecule has 4 nitrogen and oxygen atoms in total. The summed E-state index contributed by atoms with van der Waals surface area (Å²) in [6.07, 6.45) is 0. The van der Waals surface area contributed by atoms with E-state index in [1.54, 1.807) is 30.3 Å². The van der Waals surface area contributed by atoms with Crippen LogP contribution in [-0.2, 0) is 0 Å². The van der Waals surface area contributed by atoms with Gasteiger partial charge in [-0.1, -0.05) is 18.2 Å². The molecule has 0 unspecified atom stereocenters. The van der Waals surface area contributed by atoms with E-state index in [-0.39, 0.29) is 11.3 Å². The number of hydrogen-bond donors (Lipinski definition) is 2. The van der Waals surface area contributed by atoms with Crippen molar-refractivity contribution in [2.24, 2.45) is 0 Å². The Morgan fingerprint density at radius 3 is 2.22 bits per heavy atom. The Morgan fingerprint density at radius 1 is 1.06 bits per heavy atom. The van der Waals surface area contributed by atoms with Gasteiger partial charge < -0.3 is 10.2 Å². The van der Waals surface area contributed by atoms with Gasteiger partial charge >= 0.3 is 5.97 Å². The minimum Gasteiger partial charge on any atom is -0.507 e. The standard InChI is InChI=1S/C14H9NO3/c15-8-9-1-3-10(4-2-9)11-5-6-13(16)12(7-11)14(17)18/h1-7,16H,(H,17,18). The molecule has 0 heterocycles. The first-order valence-corrected chi connectivity index (χ1v) is 5.18. The molecule has 2 aromatic carbocycles. The number of carbonyl (C=O) groups is 1. The molecular formula is C14H9NO3. The molecule has 0 amide bonds. The third-order valence-electron chi connectivity index (χ3n) is 2.57. The lowest BCUT2D eigenvalue weighted by Crippen LogP contribution is -1.96. The van der Waals surface area contributed by atoms with E-state index in [1.165, 1.54) is 12.1 Å². The Balaban J connectivity index is 2.48. The summed E-state index contributed by atoms with van der Waals surface area (Å²) in [6.45, 7) is 0. The van der Waals surface area contributed by atoms with E-state index in [9.17, 15) is 9.90 Å². The molecule has 18 heavy (non-hydrogen) atoms. The zero-order valence-corrected chi connectivity index (χ0v) is 9.29. The van der Waals surface area contributed by atoms with Crippen LogP contribution in [0.5, 0.6) is 5.75 Å². The normalized spacial score (nSPS) is 9.72. The maximum atomic E-state index is 10.9. The molecule has 4 heteroatoms. The Labute approximate surface area is 103 Å². The summed E-state index contributed by atoms with van der Waals surface area (Å²) in [5, 5.41) is 27.0. The average molecular weight is 239 g/mol. The second-order valence-electron chi connectivity index (χ2n) is 3.73. The fourth-order valence-electron chi connectivity index (χ4n) is 1.62. The number of aromatic carboxylic acids is 1. The minimum atomic E-state index is -1.18. The van der Waals surface area contributed by atoms with Crippen LogP contribution in [0.2, 0.25) is 0 Å². The van der Waals surface area contributed by atoms with Gasteiger partial charge in [0.05, 0.1) is 11.6 Å². The van der Waals surface area contributed by atoms with Crippen molar-refractivity contribution >= 4 is 5.97 Å². The summed E-state index contributed by atoms with van der Waals surface area (Å²) in [5.41, 5.74) is 1.86. The van der Waals surface area contributed by atoms with E-state index < -0.39 is 5.97 Å². The van der Waals surface area contributed by atoms with Gasteiger partial charge in [0.25, 0.3) is 0 Å². The quantitative estimate of drug-likeness (QED) is 0.844. The molecule has 0 aliphatic rings. The molecule has 0 atom stereocenters. The SMILES string of the molecule is N#Cc1ccc(-c2ccc(O)c(C(=O)O)c2)cc1. The van der Waals surface area contributed by atoms with Crippen molar-refractivity contribution < 1.29 is 15.0 Å². The Kier molecular flexibility index (Phi) is 2.98. The van der Waals surface area contributed by atoms with Crippen molar-refractivity contribution in [1.82, 2.24) is 0 Å².